The van der Waals surface area contributed by atoms with Crippen molar-refractivity contribution < 1.29 is 9.72 Å². The van der Waals surface area contributed by atoms with E-state index < -0.39 is 16.5 Å². The molecule has 0 saturated carbocycles. The zero-order chi connectivity index (χ0) is 15.4. The van der Waals surface area contributed by atoms with Crippen molar-refractivity contribution in [3.05, 3.63) is 62.9 Å². The van der Waals surface area contributed by atoms with Gasteiger partial charge in [-0.15, -0.1) is 0 Å². The molecular formula is C13H7ClN4O3. The van der Waals surface area contributed by atoms with E-state index in [1.165, 1.54) is 12.1 Å². The molecule has 0 aliphatic rings. The smallest absolute Gasteiger partial charge is 0.300 e. The molecule has 0 aliphatic carbocycles. The fourth-order valence-corrected chi connectivity index (χ4v) is 1.79. The molecule has 1 amide bonds. The van der Waals surface area contributed by atoms with Gasteiger partial charge in [0, 0.05) is 0 Å². The van der Waals surface area contributed by atoms with Gasteiger partial charge in [-0.05, 0) is 18.2 Å². The number of pyridine rings is 1. The molecule has 0 unspecified atom stereocenters. The Morgan fingerprint density at radius 2 is 2.14 bits per heavy atom. The third kappa shape index (κ3) is 3.13. The van der Waals surface area contributed by atoms with Crippen LogP contribution in [0, 0.1) is 21.4 Å². The second-order valence-electron chi connectivity index (χ2n) is 3.89. The number of aromatic nitrogens is 1. The minimum absolute atomic E-state index is 0.0423. The van der Waals surface area contributed by atoms with Crippen LogP contribution in [0.3, 0.4) is 0 Å². The van der Waals surface area contributed by atoms with Crippen LogP contribution in [0.1, 0.15) is 15.9 Å². The molecular weight excluding hydrogens is 296 g/mol. The molecule has 0 fully saturated rings. The lowest BCUT2D eigenvalue weighted by molar-refractivity contribution is -0.385. The molecule has 2 rings (SSSR count). The molecule has 8 heteroatoms. The summed E-state index contributed by atoms with van der Waals surface area (Å²) in [5, 5.41) is 22.3. The van der Waals surface area contributed by atoms with Gasteiger partial charge in [0.05, 0.1) is 16.2 Å². The Labute approximate surface area is 123 Å². The van der Waals surface area contributed by atoms with Gasteiger partial charge < -0.3 is 5.32 Å². The van der Waals surface area contributed by atoms with Gasteiger partial charge in [-0.25, -0.2) is 4.98 Å². The maximum absolute atomic E-state index is 12.1. The first-order chi connectivity index (χ1) is 10.0. The van der Waals surface area contributed by atoms with Crippen LogP contribution < -0.4 is 5.32 Å². The predicted octanol–water partition coefficient (Wildman–Crippen LogP) is 2.77. The predicted molar refractivity (Wildman–Crippen MR) is 75.0 cm³/mol. The maximum Gasteiger partial charge on any atom is 0.300 e. The van der Waals surface area contributed by atoms with Crippen molar-refractivity contribution in [3.63, 3.8) is 0 Å². The minimum Gasteiger partial charge on any atom is -0.321 e. The van der Waals surface area contributed by atoms with Crippen LogP contribution in [0.25, 0.3) is 0 Å². The summed E-state index contributed by atoms with van der Waals surface area (Å²) in [6, 6.07) is 9.32. The Morgan fingerprint density at radius 1 is 1.43 bits per heavy atom. The number of hydrogen-bond donors (Lipinski definition) is 1. The first-order valence-corrected chi connectivity index (χ1v) is 6.01. The fraction of sp³-hybridized carbons (Fsp3) is 0. The monoisotopic (exact) mass is 302 g/mol. The number of benzene rings is 1. The van der Waals surface area contributed by atoms with Crippen LogP contribution in [0.4, 0.5) is 11.4 Å². The zero-order valence-electron chi connectivity index (χ0n) is 10.4. The third-order valence-electron chi connectivity index (χ3n) is 2.59. The molecule has 104 valence electrons. The Hall–Kier alpha value is -2.98. The second kappa shape index (κ2) is 5.98. The molecule has 1 heterocycles. The zero-order valence-corrected chi connectivity index (χ0v) is 11.2. The van der Waals surface area contributed by atoms with Crippen LogP contribution in [-0.2, 0) is 0 Å². The van der Waals surface area contributed by atoms with E-state index in [2.05, 4.69) is 10.3 Å². The largest absolute Gasteiger partial charge is 0.321 e. The molecule has 0 spiro atoms. The summed E-state index contributed by atoms with van der Waals surface area (Å²) < 4.78 is 0. The number of nitrogens with zero attached hydrogens (tertiary/aromatic N) is 3. The molecule has 0 atom stereocenters. The minimum atomic E-state index is -0.742. The van der Waals surface area contributed by atoms with Crippen LogP contribution in [-0.4, -0.2) is 15.8 Å². The molecule has 0 bridgehead atoms. The van der Waals surface area contributed by atoms with Crippen molar-refractivity contribution in [1.29, 1.82) is 5.26 Å². The summed E-state index contributed by atoms with van der Waals surface area (Å²) in [6.07, 6.45) is 0.910. The summed E-state index contributed by atoms with van der Waals surface area (Å²) in [7, 11) is 0. The molecule has 0 aliphatic heterocycles. The van der Waals surface area contributed by atoms with Crippen molar-refractivity contribution >= 4 is 28.9 Å². The molecule has 7 nitrogen and oxygen atoms in total. The number of nitriles is 1. The highest BCUT2D eigenvalue weighted by Gasteiger charge is 2.22. The number of para-hydroxylation sites is 1. The summed E-state index contributed by atoms with van der Waals surface area (Å²) in [6.45, 7) is 0. The molecule has 0 saturated heterocycles. The molecule has 1 aromatic heterocycles. The Balaban J connectivity index is 2.39. The van der Waals surface area contributed by atoms with E-state index in [1.54, 1.807) is 12.1 Å². The van der Waals surface area contributed by atoms with Gasteiger partial charge in [0.25, 0.3) is 11.6 Å². The average Bonchev–Trinajstić information content (AvgIpc) is 2.47. The van der Waals surface area contributed by atoms with Gasteiger partial charge in [-0.2, -0.15) is 5.26 Å². The highest BCUT2D eigenvalue weighted by atomic mass is 35.5. The number of carbonyl (C=O) groups excluding carboxylic acids is 1. The van der Waals surface area contributed by atoms with E-state index >= 15 is 0 Å². The summed E-state index contributed by atoms with van der Waals surface area (Å²) >= 11 is 5.66. The van der Waals surface area contributed by atoms with Gasteiger partial charge >= 0.3 is 0 Å². The van der Waals surface area contributed by atoms with E-state index in [-0.39, 0.29) is 22.0 Å². The van der Waals surface area contributed by atoms with Crippen molar-refractivity contribution in [2.24, 2.45) is 0 Å². The maximum atomic E-state index is 12.1. The van der Waals surface area contributed by atoms with Crippen LogP contribution in [0.5, 0.6) is 0 Å². The van der Waals surface area contributed by atoms with E-state index in [1.807, 2.05) is 6.07 Å². The first-order valence-electron chi connectivity index (χ1n) is 5.63. The number of anilines is 1. The number of rotatable bonds is 3. The number of halogens is 1. The lowest BCUT2D eigenvalue weighted by Gasteiger charge is -2.07. The second-order valence-corrected chi connectivity index (χ2v) is 4.28. The topological polar surface area (TPSA) is 109 Å². The average molecular weight is 303 g/mol. The van der Waals surface area contributed by atoms with Crippen molar-refractivity contribution in [3.8, 4) is 6.07 Å². The number of nitrogens with one attached hydrogen (secondary N) is 1. The molecule has 1 aromatic carbocycles. The number of hydrogen-bond acceptors (Lipinski definition) is 5. The molecule has 0 radical (unpaired) electrons. The highest BCUT2D eigenvalue weighted by Crippen LogP contribution is 2.22. The van der Waals surface area contributed by atoms with E-state index in [9.17, 15) is 14.9 Å². The van der Waals surface area contributed by atoms with Crippen LogP contribution in [0.2, 0.25) is 5.15 Å². The summed E-state index contributed by atoms with van der Waals surface area (Å²) in [4.78, 5) is 25.9. The fourth-order valence-electron chi connectivity index (χ4n) is 1.63. The SMILES string of the molecule is N#Cc1ccccc1NC(=O)c1cc(Cl)ncc1[N+](=O)[O-]. The van der Waals surface area contributed by atoms with Gasteiger partial charge in [0.1, 0.15) is 23.0 Å². The lowest BCUT2D eigenvalue weighted by Crippen LogP contribution is -2.15. The Bertz CT molecular complexity index is 770. The molecule has 21 heavy (non-hydrogen) atoms. The van der Waals surface area contributed by atoms with E-state index in [0.717, 1.165) is 12.3 Å². The van der Waals surface area contributed by atoms with Crippen molar-refractivity contribution in [1.82, 2.24) is 4.98 Å². The van der Waals surface area contributed by atoms with Crippen molar-refractivity contribution in [2.45, 2.75) is 0 Å². The number of amides is 1. The number of nitro groups is 1. The number of carbonyl (C=O) groups is 1. The third-order valence-corrected chi connectivity index (χ3v) is 2.79. The first kappa shape index (κ1) is 14.4. The summed E-state index contributed by atoms with van der Waals surface area (Å²) in [5.41, 5.74) is -0.194. The van der Waals surface area contributed by atoms with E-state index in [0.29, 0.717) is 0 Å². The quantitative estimate of drug-likeness (QED) is 0.532. The summed E-state index contributed by atoms with van der Waals surface area (Å²) in [5.74, 6) is -0.742. The molecule has 1 N–H and O–H groups in total. The van der Waals surface area contributed by atoms with Gasteiger partial charge in [0.15, 0.2) is 0 Å². The van der Waals surface area contributed by atoms with E-state index in [4.69, 9.17) is 16.9 Å². The lowest BCUT2D eigenvalue weighted by atomic mass is 10.1. The standard InChI is InChI=1S/C13H7ClN4O3/c14-12-5-9(11(7-16-12)18(20)21)13(19)17-10-4-2-1-3-8(10)6-15/h1-5,7H,(H,17,19). The van der Waals surface area contributed by atoms with Crippen LogP contribution >= 0.6 is 11.6 Å². The Morgan fingerprint density at radius 3 is 2.81 bits per heavy atom. The van der Waals surface area contributed by atoms with Crippen LogP contribution in [0.15, 0.2) is 36.5 Å². The Kier molecular flexibility index (Phi) is 4.11. The van der Waals surface area contributed by atoms with Crippen molar-refractivity contribution in [2.75, 3.05) is 5.32 Å². The van der Waals surface area contributed by atoms with Gasteiger partial charge in [0.2, 0.25) is 0 Å². The highest BCUT2D eigenvalue weighted by molar-refractivity contribution is 6.30. The molecule has 2 aromatic rings. The van der Waals surface area contributed by atoms with Gasteiger partial charge in [-0.3, -0.25) is 14.9 Å². The van der Waals surface area contributed by atoms with Gasteiger partial charge in [-0.1, -0.05) is 23.7 Å². The normalized spacial score (nSPS) is 9.71.